The molecule has 3 heterocycles. The Balaban J connectivity index is 1.79. The summed E-state index contributed by atoms with van der Waals surface area (Å²) in [4.78, 5) is 9.64. The van der Waals surface area contributed by atoms with Crippen LogP contribution in [-0.4, -0.2) is 49.2 Å². The molecule has 4 nitrogen and oxygen atoms in total. The Labute approximate surface area is 133 Å². The van der Waals surface area contributed by atoms with Gasteiger partial charge in [-0.2, -0.15) is 0 Å². The summed E-state index contributed by atoms with van der Waals surface area (Å²) in [7, 11) is 1.68. The van der Waals surface area contributed by atoms with Gasteiger partial charge in [0, 0.05) is 32.8 Å². The molecule has 1 aromatic rings. The van der Waals surface area contributed by atoms with Crippen LogP contribution in [0.5, 0.6) is 0 Å². The Morgan fingerprint density at radius 3 is 3.00 bits per heavy atom. The molecule has 2 atom stereocenters. The molecule has 2 fully saturated rings. The number of nitrogens with zero attached hydrogens (tertiary/aromatic N) is 3. The van der Waals surface area contributed by atoms with E-state index in [0.717, 1.165) is 36.6 Å². The first kappa shape index (κ1) is 15.3. The molecule has 0 bridgehead atoms. The Bertz CT molecular complexity index is 566. The fraction of sp³-hybridized carbons (Fsp3) is 0.611. The molecule has 3 rings (SSSR count). The van der Waals surface area contributed by atoms with Crippen LogP contribution in [-0.2, 0) is 4.74 Å². The summed E-state index contributed by atoms with van der Waals surface area (Å²) < 4.78 is 5.36. The number of hydrogen-bond acceptors (Lipinski definition) is 4. The predicted molar refractivity (Wildman–Crippen MR) is 89.0 cm³/mol. The average molecular weight is 299 g/mol. The van der Waals surface area contributed by atoms with E-state index in [1.54, 1.807) is 7.11 Å². The van der Waals surface area contributed by atoms with Crippen molar-refractivity contribution >= 4 is 5.69 Å². The number of fused-ring (bicyclic) bond motifs is 1. The average Bonchev–Trinajstić information content (AvgIpc) is 2.60. The smallest absolute Gasteiger partial charge is 0.0975 e. The fourth-order valence-electron chi connectivity index (χ4n) is 3.58. The lowest BCUT2D eigenvalue weighted by Crippen LogP contribution is -2.54. The van der Waals surface area contributed by atoms with Crippen molar-refractivity contribution in [3.63, 3.8) is 0 Å². The summed E-state index contributed by atoms with van der Waals surface area (Å²) in [5.74, 6) is 2.77. The van der Waals surface area contributed by atoms with E-state index in [-0.39, 0.29) is 6.10 Å². The monoisotopic (exact) mass is 299 g/mol. The van der Waals surface area contributed by atoms with Gasteiger partial charge in [-0.3, -0.25) is 9.88 Å². The molecule has 0 spiro atoms. The summed E-state index contributed by atoms with van der Waals surface area (Å²) in [5.41, 5.74) is 2.84. The van der Waals surface area contributed by atoms with Gasteiger partial charge in [0.25, 0.3) is 0 Å². The minimum atomic E-state index is -0.0738. The Hall–Kier alpha value is -1.57. The molecule has 1 aromatic heterocycles. The van der Waals surface area contributed by atoms with Gasteiger partial charge in [-0.25, -0.2) is 0 Å². The van der Waals surface area contributed by atoms with Crippen molar-refractivity contribution in [2.75, 3.05) is 38.2 Å². The maximum Gasteiger partial charge on any atom is 0.0975 e. The van der Waals surface area contributed by atoms with Crippen LogP contribution in [0.2, 0.25) is 0 Å². The summed E-state index contributed by atoms with van der Waals surface area (Å²) in [5, 5.41) is 0. The van der Waals surface area contributed by atoms with E-state index >= 15 is 0 Å². The molecular formula is C18H25N3O. The number of hydrogen-bond donors (Lipinski definition) is 0. The van der Waals surface area contributed by atoms with Gasteiger partial charge in [-0.15, -0.1) is 6.42 Å². The molecule has 22 heavy (non-hydrogen) atoms. The highest BCUT2D eigenvalue weighted by Gasteiger charge is 2.29. The summed E-state index contributed by atoms with van der Waals surface area (Å²) in [6.45, 7) is 6.53. The van der Waals surface area contributed by atoms with Crippen molar-refractivity contribution in [2.24, 2.45) is 0 Å². The third-order valence-corrected chi connectivity index (χ3v) is 5.00. The fourth-order valence-corrected chi connectivity index (χ4v) is 3.58. The molecule has 0 unspecified atom stereocenters. The van der Waals surface area contributed by atoms with Crippen LogP contribution >= 0.6 is 0 Å². The van der Waals surface area contributed by atoms with Gasteiger partial charge >= 0.3 is 0 Å². The SMILES string of the molecule is C#Cc1cc(N2CCN3CCCC[C@@H]3C2)cnc1[C@H](C)OC. The zero-order valence-electron chi connectivity index (χ0n) is 13.6. The van der Waals surface area contributed by atoms with Gasteiger partial charge in [0.2, 0.25) is 0 Å². The molecule has 0 saturated carbocycles. The molecule has 0 amide bonds. The molecule has 4 heteroatoms. The highest BCUT2D eigenvalue weighted by molar-refractivity contribution is 5.53. The van der Waals surface area contributed by atoms with E-state index in [2.05, 4.69) is 26.8 Å². The largest absolute Gasteiger partial charge is 0.375 e. The predicted octanol–water partition coefficient (Wildman–Crippen LogP) is 2.44. The highest BCUT2D eigenvalue weighted by atomic mass is 16.5. The zero-order chi connectivity index (χ0) is 15.5. The van der Waals surface area contributed by atoms with E-state index in [1.165, 1.54) is 25.8 Å². The van der Waals surface area contributed by atoms with Crippen LogP contribution in [0, 0.1) is 12.3 Å². The van der Waals surface area contributed by atoms with Crippen LogP contribution < -0.4 is 4.90 Å². The second-order valence-electron chi connectivity index (χ2n) is 6.28. The van der Waals surface area contributed by atoms with Crippen molar-refractivity contribution < 1.29 is 4.74 Å². The number of piperazine rings is 1. The van der Waals surface area contributed by atoms with Gasteiger partial charge < -0.3 is 9.64 Å². The minimum Gasteiger partial charge on any atom is -0.375 e. The topological polar surface area (TPSA) is 28.6 Å². The number of piperidine rings is 1. The molecule has 2 saturated heterocycles. The molecular weight excluding hydrogens is 274 g/mol. The Kier molecular flexibility index (Phi) is 4.66. The van der Waals surface area contributed by atoms with E-state index < -0.39 is 0 Å². The van der Waals surface area contributed by atoms with Crippen molar-refractivity contribution in [3.8, 4) is 12.3 Å². The van der Waals surface area contributed by atoms with Gasteiger partial charge in [0.1, 0.15) is 0 Å². The normalized spacial score (nSPS) is 23.7. The zero-order valence-corrected chi connectivity index (χ0v) is 13.6. The summed E-state index contributed by atoms with van der Waals surface area (Å²) in [6, 6.07) is 2.78. The van der Waals surface area contributed by atoms with Crippen LogP contribution in [0.3, 0.4) is 0 Å². The lowest BCUT2D eigenvalue weighted by Gasteiger charge is -2.44. The summed E-state index contributed by atoms with van der Waals surface area (Å²) >= 11 is 0. The maximum absolute atomic E-state index is 5.68. The van der Waals surface area contributed by atoms with E-state index in [1.807, 2.05) is 13.1 Å². The van der Waals surface area contributed by atoms with Gasteiger partial charge in [-0.05, 0) is 32.4 Å². The van der Waals surface area contributed by atoms with Crippen molar-refractivity contribution in [3.05, 3.63) is 23.5 Å². The number of pyridine rings is 1. The number of aromatic nitrogens is 1. The quantitative estimate of drug-likeness (QED) is 0.802. The molecule has 0 radical (unpaired) electrons. The number of anilines is 1. The Morgan fingerprint density at radius 2 is 2.23 bits per heavy atom. The van der Waals surface area contributed by atoms with Crippen molar-refractivity contribution in [1.82, 2.24) is 9.88 Å². The molecule has 2 aliphatic rings. The first-order valence-corrected chi connectivity index (χ1v) is 8.21. The number of methoxy groups -OCH3 is 1. The molecule has 0 N–H and O–H groups in total. The van der Waals surface area contributed by atoms with E-state index in [0.29, 0.717) is 6.04 Å². The first-order chi connectivity index (χ1) is 10.7. The highest BCUT2D eigenvalue weighted by Crippen LogP contribution is 2.27. The third-order valence-electron chi connectivity index (χ3n) is 5.00. The standard InChI is InChI=1S/C18H25N3O/c1-4-15-11-17(12-19-18(15)14(2)22-3)21-10-9-20-8-6-5-7-16(20)13-21/h1,11-12,14,16H,5-10,13H2,2-3H3/t14-,16+/m0/s1. The van der Waals surface area contributed by atoms with Crippen LogP contribution in [0.15, 0.2) is 12.3 Å². The molecule has 0 aromatic carbocycles. The molecule has 2 aliphatic heterocycles. The van der Waals surface area contributed by atoms with Gasteiger partial charge in [-0.1, -0.05) is 12.3 Å². The van der Waals surface area contributed by atoms with Crippen molar-refractivity contribution in [2.45, 2.75) is 38.3 Å². The molecule has 0 aliphatic carbocycles. The van der Waals surface area contributed by atoms with Crippen LogP contribution in [0.25, 0.3) is 0 Å². The number of terminal acetylenes is 1. The van der Waals surface area contributed by atoms with Gasteiger partial charge in [0.15, 0.2) is 0 Å². The van der Waals surface area contributed by atoms with Crippen LogP contribution in [0.4, 0.5) is 5.69 Å². The lowest BCUT2D eigenvalue weighted by molar-refractivity contribution is 0.115. The van der Waals surface area contributed by atoms with Crippen LogP contribution in [0.1, 0.15) is 43.5 Å². The third kappa shape index (κ3) is 2.97. The Morgan fingerprint density at radius 1 is 1.36 bits per heavy atom. The second-order valence-corrected chi connectivity index (χ2v) is 6.28. The number of ether oxygens (including phenoxy) is 1. The van der Waals surface area contributed by atoms with Crippen molar-refractivity contribution in [1.29, 1.82) is 0 Å². The van der Waals surface area contributed by atoms with Gasteiger partial charge in [0.05, 0.1) is 29.2 Å². The minimum absolute atomic E-state index is 0.0738. The number of rotatable bonds is 3. The summed E-state index contributed by atoms with van der Waals surface area (Å²) in [6.07, 6.45) is 11.6. The first-order valence-electron chi connectivity index (χ1n) is 8.21. The van der Waals surface area contributed by atoms with E-state index in [9.17, 15) is 0 Å². The van der Waals surface area contributed by atoms with E-state index in [4.69, 9.17) is 11.2 Å². The second kappa shape index (κ2) is 6.68. The maximum atomic E-state index is 5.68. The molecule has 118 valence electrons. The lowest BCUT2D eigenvalue weighted by atomic mass is 9.99.